The van der Waals surface area contributed by atoms with Crippen LogP contribution in [0.25, 0.3) is 0 Å². The normalized spacial score (nSPS) is 21.9. The van der Waals surface area contributed by atoms with Crippen molar-refractivity contribution in [1.29, 1.82) is 0 Å². The van der Waals surface area contributed by atoms with Crippen LogP contribution in [-0.4, -0.2) is 91.0 Å². The molecular weight excluding hydrogens is 508 g/mol. The number of nitrogens with zero attached hydrogens (tertiary/aromatic N) is 4. The molecule has 0 saturated heterocycles. The number of amidine groups is 4. The molecule has 0 aromatic heterocycles. The van der Waals surface area contributed by atoms with E-state index in [4.69, 9.17) is 0 Å². The van der Waals surface area contributed by atoms with Crippen molar-refractivity contribution in [3.8, 4) is 0 Å². The molecule has 6 nitrogen and oxygen atoms in total. The van der Waals surface area contributed by atoms with Crippen molar-refractivity contribution in [2.45, 2.75) is 133 Å². The summed E-state index contributed by atoms with van der Waals surface area (Å²) in [7, 11) is 0. The summed E-state index contributed by atoms with van der Waals surface area (Å²) >= 11 is 0. The van der Waals surface area contributed by atoms with Crippen molar-refractivity contribution in [3.05, 3.63) is 22.3 Å². The molecule has 196 valence electrons. The van der Waals surface area contributed by atoms with Gasteiger partial charge in [0.25, 0.3) is 0 Å². The van der Waals surface area contributed by atoms with Gasteiger partial charge in [0.1, 0.15) is 23.3 Å². The Hall–Kier alpha value is -0.759. The van der Waals surface area contributed by atoms with E-state index in [0.29, 0.717) is 0 Å². The monoisotopic (exact) mass is 560 g/mol. The summed E-state index contributed by atoms with van der Waals surface area (Å²) in [6, 6.07) is 0. The number of hydrogen-bond donors (Lipinski definition) is 2. The predicted molar refractivity (Wildman–Crippen MR) is 160 cm³/mol. The average molecular weight is 560 g/mol. The van der Waals surface area contributed by atoms with E-state index < -0.39 is 0 Å². The van der Waals surface area contributed by atoms with E-state index in [0.717, 1.165) is 23.3 Å². The van der Waals surface area contributed by atoms with Gasteiger partial charge in [-0.15, -0.1) is 0 Å². The maximum atomic E-state index is 4.69. The maximum absolute atomic E-state index is 4.69. The van der Waals surface area contributed by atoms with E-state index >= 15 is 0 Å². The fourth-order valence-corrected chi connectivity index (χ4v) is 3.10. The second kappa shape index (κ2) is 12.2. The number of hydrogen-bond acceptors (Lipinski definition) is 4. The van der Waals surface area contributed by atoms with Crippen LogP contribution >= 0.6 is 0 Å². The van der Waals surface area contributed by atoms with Gasteiger partial charge in [0, 0.05) is 0 Å². The van der Waals surface area contributed by atoms with Gasteiger partial charge in [-0.25, -0.2) is 0 Å². The summed E-state index contributed by atoms with van der Waals surface area (Å²) < 4.78 is 0. The van der Waals surface area contributed by atoms with Crippen LogP contribution in [0.15, 0.2) is 42.3 Å². The zero-order chi connectivity index (χ0) is 26.9. The first-order chi connectivity index (χ1) is 15.0. The van der Waals surface area contributed by atoms with Crippen molar-refractivity contribution in [2.24, 2.45) is 20.0 Å². The Morgan fingerprint density at radius 1 is 0.371 bits per heavy atom. The molecule has 0 fully saturated rings. The predicted octanol–water partition coefficient (Wildman–Crippen LogP) is 5.72. The molecule has 2 rings (SSSR count). The van der Waals surface area contributed by atoms with E-state index in [2.05, 4.69) is 141 Å². The fraction of sp³-hybridized carbons (Fsp3) is 0.714. The molecule has 0 bridgehead atoms. The Bertz CT molecular complexity index is 807. The molecule has 35 heavy (non-hydrogen) atoms. The topological polar surface area (TPSA) is 73.5 Å². The van der Waals surface area contributed by atoms with Gasteiger partial charge in [0.15, 0.2) is 0 Å². The molecule has 0 aliphatic carbocycles. The molecule has 2 aliphatic rings. The third kappa shape index (κ3) is 12.4. The van der Waals surface area contributed by atoms with Gasteiger partial charge in [-0.2, -0.15) is 0 Å². The molecule has 2 N–H and O–H groups in total. The van der Waals surface area contributed by atoms with Crippen LogP contribution in [0.2, 0.25) is 0 Å². The van der Waals surface area contributed by atoms with E-state index in [1.54, 1.807) is 0 Å². The first kappa shape index (κ1) is 34.2. The Labute approximate surface area is 252 Å². The van der Waals surface area contributed by atoms with Gasteiger partial charge in [-0.1, -0.05) is 0 Å². The summed E-state index contributed by atoms with van der Waals surface area (Å²) in [5.74, 6) is 3.83. The Morgan fingerprint density at radius 2 is 0.514 bits per heavy atom. The molecule has 0 radical (unpaired) electrons. The van der Waals surface area contributed by atoms with Gasteiger partial charge in [0.05, 0.1) is 22.2 Å². The summed E-state index contributed by atoms with van der Waals surface area (Å²) in [4.78, 5) is 18.7. The van der Waals surface area contributed by atoms with Crippen LogP contribution in [0.4, 0.5) is 0 Å². The fourth-order valence-electron chi connectivity index (χ4n) is 3.10. The molecule has 2 aliphatic heterocycles. The minimum atomic E-state index is -0.0684. The number of aliphatic imine (C=N–C) groups is 4. The molecule has 0 amide bonds. The van der Waals surface area contributed by atoms with Crippen molar-refractivity contribution in [2.75, 3.05) is 0 Å². The Morgan fingerprint density at radius 3 is 0.629 bits per heavy atom. The van der Waals surface area contributed by atoms with Gasteiger partial charge in [0.2, 0.25) is 0 Å². The van der Waals surface area contributed by atoms with Crippen molar-refractivity contribution >= 4 is 68.8 Å². The third-order valence-electron chi connectivity index (χ3n) is 4.81. The molecule has 7 heteroatoms. The zero-order valence-electron chi connectivity index (χ0n) is 24.8. The minimum absolute atomic E-state index is 0. The van der Waals surface area contributed by atoms with Crippen LogP contribution in [0.5, 0.6) is 0 Å². The molecule has 0 saturated carbocycles. The first-order valence-corrected chi connectivity index (χ1v) is 12.3. The van der Waals surface area contributed by atoms with Crippen molar-refractivity contribution < 1.29 is 0 Å². The Kier molecular flexibility index (Phi) is 11.9. The second-order valence-electron chi connectivity index (χ2n) is 13.3. The van der Waals surface area contributed by atoms with Gasteiger partial charge >= 0.3 is 45.5 Å². The van der Waals surface area contributed by atoms with Crippen molar-refractivity contribution in [3.63, 3.8) is 0 Å². The first-order valence-electron chi connectivity index (χ1n) is 12.3. The van der Waals surface area contributed by atoms with Gasteiger partial charge < -0.3 is 10.6 Å². The van der Waals surface area contributed by atoms with Crippen molar-refractivity contribution in [1.82, 2.24) is 10.6 Å². The van der Waals surface area contributed by atoms with Gasteiger partial charge in [-0.05, 0) is 133 Å². The van der Waals surface area contributed by atoms with Gasteiger partial charge in [-0.3, -0.25) is 20.0 Å². The number of nitrogens with one attached hydrogen (secondary N) is 2. The quantitative estimate of drug-likeness (QED) is 0.372. The molecule has 0 unspecified atom stereocenters. The third-order valence-corrected chi connectivity index (χ3v) is 4.81. The average Bonchev–Trinajstić information content (AvgIpc) is 2.95. The van der Waals surface area contributed by atoms with Crippen LogP contribution < -0.4 is 10.6 Å². The molecule has 0 atom stereocenters. The van der Waals surface area contributed by atoms with E-state index in [1.165, 1.54) is 22.3 Å². The van der Waals surface area contributed by atoms with Crippen LogP contribution in [0, 0.1) is 0 Å². The number of rotatable bonds is 0. The van der Waals surface area contributed by atoms with E-state index in [9.17, 15) is 0 Å². The van der Waals surface area contributed by atoms with Crippen LogP contribution in [-0.2, 0) is 0 Å². The Balaban J connectivity index is 0.000000642. The standard InChI is InChI=1S/2C14H25N3.Sr.2H/c2*1-9-10(2)12(17-14(6,7)8)15-11(9)16-13(3,4)5;;;/h2*1-8H3,(H,15,16,17);;;. The van der Waals surface area contributed by atoms with E-state index in [1.807, 2.05) is 0 Å². The molecular formula is C28H52N6Sr. The van der Waals surface area contributed by atoms with E-state index in [-0.39, 0.29) is 67.6 Å². The summed E-state index contributed by atoms with van der Waals surface area (Å²) in [5.41, 5.74) is 4.52. The van der Waals surface area contributed by atoms with Crippen LogP contribution in [0.1, 0.15) is 111 Å². The zero-order valence-corrected chi connectivity index (χ0v) is 24.8. The summed E-state index contributed by atoms with van der Waals surface area (Å²) in [5, 5.41) is 6.66. The molecule has 0 spiro atoms. The molecule has 2 heterocycles. The SMILES string of the molecule is CC1=C(C)C(=NC(C)(C)C)NC1=NC(C)(C)C.CC1=C(C)C(=NC(C)(C)C)NC1=NC(C)(C)C.[SrH2]. The molecule has 0 aromatic rings. The summed E-state index contributed by atoms with van der Waals surface area (Å²) in [6.45, 7) is 33.6. The van der Waals surface area contributed by atoms with Crippen LogP contribution in [0.3, 0.4) is 0 Å². The second-order valence-corrected chi connectivity index (χ2v) is 13.3. The molecule has 0 aromatic carbocycles. The summed E-state index contributed by atoms with van der Waals surface area (Å²) in [6.07, 6.45) is 0.